The minimum Gasteiger partial charge on any atom is -0.505 e. The molecule has 2 N–H and O–H groups in total. The first-order chi connectivity index (χ1) is 7.11. The van der Waals surface area contributed by atoms with Crippen molar-refractivity contribution in [1.82, 2.24) is 0 Å². The largest absolute Gasteiger partial charge is 0.505 e. The molecule has 80 valence electrons. The van der Waals surface area contributed by atoms with Gasteiger partial charge in [0.1, 0.15) is 18.8 Å². The van der Waals surface area contributed by atoms with Gasteiger partial charge in [0.2, 0.25) is 0 Å². The minimum atomic E-state index is -1.51. The first kappa shape index (κ1) is 9.57. The number of aromatic carboxylic acids is 1. The maximum atomic E-state index is 13.3. The second kappa shape index (κ2) is 3.30. The van der Waals surface area contributed by atoms with E-state index in [2.05, 4.69) is 0 Å². The number of ether oxygens (including phenoxy) is 2. The fourth-order valence-electron chi connectivity index (χ4n) is 1.34. The molecule has 0 unspecified atom stereocenters. The first-order valence-electron chi connectivity index (χ1n) is 4.15. The molecule has 1 aromatic rings. The SMILES string of the molecule is O=C(O)c1c(F)c(O)cc2c1OCCO2. The molecule has 1 aliphatic heterocycles. The number of phenols is 1. The molecule has 0 radical (unpaired) electrons. The molecule has 2 rings (SSSR count). The zero-order valence-corrected chi connectivity index (χ0v) is 7.49. The van der Waals surface area contributed by atoms with Gasteiger partial charge in [-0.1, -0.05) is 0 Å². The van der Waals surface area contributed by atoms with Gasteiger partial charge in [0.05, 0.1) is 0 Å². The van der Waals surface area contributed by atoms with E-state index >= 15 is 0 Å². The zero-order chi connectivity index (χ0) is 11.0. The minimum absolute atomic E-state index is 0.0394. The maximum Gasteiger partial charge on any atom is 0.342 e. The highest BCUT2D eigenvalue weighted by Crippen LogP contribution is 2.39. The molecular formula is C9H7FO5. The fourth-order valence-corrected chi connectivity index (χ4v) is 1.34. The number of hydrogen-bond donors (Lipinski definition) is 2. The predicted octanol–water partition coefficient (Wildman–Crippen LogP) is 1.00. The second-order valence-corrected chi connectivity index (χ2v) is 2.91. The lowest BCUT2D eigenvalue weighted by Crippen LogP contribution is -2.18. The lowest BCUT2D eigenvalue weighted by atomic mass is 10.1. The van der Waals surface area contributed by atoms with Gasteiger partial charge in [-0.15, -0.1) is 0 Å². The molecule has 0 bridgehead atoms. The average molecular weight is 214 g/mol. The van der Waals surface area contributed by atoms with Gasteiger partial charge >= 0.3 is 5.97 Å². The van der Waals surface area contributed by atoms with Crippen molar-refractivity contribution in [2.24, 2.45) is 0 Å². The lowest BCUT2D eigenvalue weighted by molar-refractivity contribution is 0.0678. The number of carbonyl (C=O) groups is 1. The second-order valence-electron chi connectivity index (χ2n) is 2.91. The summed E-state index contributed by atoms with van der Waals surface area (Å²) < 4.78 is 23.3. The summed E-state index contributed by atoms with van der Waals surface area (Å²) in [7, 11) is 0. The summed E-state index contributed by atoms with van der Waals surface area (Å²) in [5, 5.41) is 17.9. The molecule has 1 aliphatic rings. The van der Waals surface area contributed by atoms with E-state index < -0.39 is 23.1 Å². The van der Waals surface area contributed by atoms with E-state index in [4.69, 9.17) is 19.7 Å². The van der Waals surface area contributed by atoms with Gasteiger partial charge < -0.3 is 19.7 Å². The van der Waals surface area contributed by atoms with Crippen molar-refractivity contribution < 1.29 is 28.9 Å². The van der Waals surface area contributed by atoms with Crippen molar-refractivity contribution in [2.45, 2.75) is 0 Å². The molecule has 1 heterocycles. The first-order valence-corrected chi connectivity index (χ1v) is 4.15. The Balaban J connectivity index is 2.68. The van der Waals surface area contributed by atoms with Crippen molar-refractivity contribution in [1.29, 1.82) is 0 Å². The van der Waals surface area contributed by atoms with Crippen LogP contribution in [0.3, 0.4) is 0 Å². The number of benzene rings is 1. The lowest BCUT2D eigenvalue weighted by Gasteiger charge is -2.20. The molecule has 5 nitrogen and oxygen atoms in total. The topological polar surface area (TPSA) is 76.0 Å². The monoisotopic (exact) mass is 214 g/mol. The Labute approximate surface area is 83.7 Å². The summed E-state index contributed by atoms with van der Waals surface area (Å²) in [6, 6.07) is 0.996. The maximum absolute atomic E-state index is 13.3. The molecule has 0 spiro atoms. The number of rotatable bonds is 1. The molecule has 0 saturated carbocycles. The highest BCUT2D eigenvalue weighted by Gasteiger charge is 2.27. The number of phenolic OH excluding ortho intramolecular Hbond substituents is 1. The van der Waals surface area contributed by atoms with Gasteiger partial charge in [-0.3, -0.25) is 0 Å². The molecule has 0 aliphatic carbocycles. The zero-order valence-electron chi connectivity index (χ0n) is 7.49. The number of carboxylic acid groups (broad SMARTS) is 1. The number of aromatic hydroxyl groups is 1. The van der Waals surface area contributed by atoms with Crippen LogP contribution < -0.4 is 9.47 Å². The summed E-state index contributed by atoms with van der Waals surface area (Å²) in [4.78, 5) is 10.8. The van der Waals surface area contributed by atoms with Crippen LogP contribution in [0, 0.1) is 5.82 Å². The Hall–Kier alpha value is -1.98. The molecule has 0 saturated heterocycles. The van der Waals surface area contributed by atoms with Crippen molar-refractivity contribution in [3.05, 3.63) is 17.4 Å². The number of carboxylic acids is 1. The summed E-state index contributed by atoms with van der Waals surface area (Å²) in [5.74, 6) is -3.63. The number of hydrogen-bond acceptors (Lipinski definition) is 4. The molecular weight excluding hydrogens is 207 g/mol. The third kappa shape index (κ3) is 1.43. The van der Waals surface area contributed by atoms with Gasteiger partial charge in [0, 0.05) is 6.07 Å². The van der Waals surface area contributed by atoms with Crippen molar-refractivity contribution in [2.75, 3.05) is 13.2 Å². The predicted molar refractivity (Wildman–Crippen MR) is 46.0 cm³/mol. The van der Waals surface area contributed by atoms with Crippen LogP contribution in [0.1, 0.15) is 10.4 Å². The Bertz CT molecular complexity index is 429. The molecule has 6 heteroatoms. The summed E-state index contributed by atoms with van der Waals surface area (Å²) in [6.45, 7) is 0.384. The van der Waals surface area contributed by atoms with Crippen LogP contribution in [0.25, 0.3) is 0 Å². The Kier molecular flexibility index (Phi) is 2.11. The van der Waals surface area contributed by atoms with Crippen LogP contribution in [0.2, 0.25) is 0 Å². The van der Waals surface area contributed by atoms with Crippen LogP contribution in [-0.4, -0.2) is 29.4 Å². The number of fused-ring (bicyclic) bond motifs is 1. The van der Waals surface area contributed by atoms with Crippen molar-refractivity contribution in [3.8, 4) is 17.2 Å². The van der Waals surface area contributed by atoms with E-state index in [1.54, 1.807) is 0 Å². The molecule has 0 atom stereocenters. The van der Waals surface area contributed by atoms with Crippen molar-refractivity contribution >= 4 is 5.97 Å². The highest BCUT2D eigenvalue weighted by molar-refractivity contribution is 5.93. The van der Waals surface area contributed by atoms with E-state index in [-0.39, 0.29) is 24.7 Å². The molecule has 0 aromatic heterocycles. The summed E-state index contributed by atoms with van der Waals surface area (Å²) >= 11 is 0. The molecule has 0 fully saturated rings. The van der Waals surface area contributed by atoms with E-state index in [1.165, 1.54) is 0 Å². The van der Waals surface area contributed by atoms with Gasteiger partial charge in [-0.25, -0.2) is 9.18 Å². The van der Waals surface area contributed by atoms with Gasteiger partial charge in [-0.2, -0.15) is 0 Å². The van der Waals surface area contributed by atoms with Crippen LogP contribution in [-0.2, 0) is 0 Å². The van der Waals surface area contributed by atoms with E-state index in [1.807, 2.05) is 0 Å². The van der Waals surface area contributed by atoms with Gasteiger partial charge in [0.15, 0.2) is 23.1 Å². The normalized spacial score (nSPS) is 13.7. The Morgan fingerprint density at radius 2 is 2.07 bits per heavy atom. The van der Waals surface area contributed by atoms with E-state index in [0.717, 1.165) is 6.07 Å². The molecule has 15 heavy (non-hydrogen) atoms. The average Bonchev–Trinajstić information content (AvgIpc) is 2.19. The van der Waals surface area contributed by atoms with Gasteiger partial charge in [0.25, 0.3) is 0 Å². The van der Waals surface area contributed by atoms with Crippen LogP contribution >= 0.6 is 0 Å². The fraction of sp³-hybridized carbons (Fsp3) is 0.222. The van der Waals surface area contributed by atoms with Crippen LogP contribution in [0.4, 0.5) is 4.39 Å². The highest BCUT2D eigenvalue weighted by atomic mass is 19.1. The molecule has 1 aromatic carbocycles. The smallest absolute Gasteiger partial charge is 0.342 e. The quantitative estimate of drug-likeness (QED) is 0.729. The third-order valence-electron chi connectivity index (χ3n) is 1.96. The Morgan fingerprint density at radius 3 is 2.73 bits per heavy atom. The van der Waals surface area contributed by atoms with Crippen LogP contribution in [0.5, 0.6) is 17.2 Å². The van der Waals surface area contributed by atoms with Crippen molar-refractivity contribution in [3.63, 3.8) is 0 Å². The third-order valence-corrected chi connectivity index (χ3v) is 1.96. The standard InChI is InChI=1S/C9H7FO5/c10-7-4(11)3-5-8(6(7)9(12)13)15-2-1-14-5/h3,11H,1-2H2,(H,12,13). The summed E-state index contributed by atoms with van der Waals surface area (Å²) in [5.41, 5.74) is -0.704. The van der Waals surface area contributed by atoms with E-state index in [0.29, 0.717) is 0 Å². The Morgan fingerprint density at radius 1 is 1.40 bits per heavy atom. The summed E-state index contributed by atoms with van der Waals surface area (Å²) in [6.07, 6.45) is 0. The number of halogens is 1. The van der Waals surface area contributed by atoms with E-state index in [9.17, 15) is 9.18 Å². The molecule has 0 amide bonds. The van der Waals surface area contributed by atoms with Gasteiger partial charge in [-0.05, 0) is 0 Å². The van der Waals surface area contributed by atoms with Crippen LogP contribution in [0.15, 0.2) is 6.07 Å².